The van der Waals surface area contributed by atoms with Crippen LogP contribution in [0.4, 0.5) is 0 Å². The molecule has 0 aliphatic carbocycles. The molecule has 1 fully saturated rings. The molecule has 1 amide bonds. The first-order chi connectivity index (χ1) is 12.7. The third-order valence-corrected chi connectivity index (χ3v) is 5.57. The largest absolute Gasteiger partial charge is 0.370 e. The first-order valence-electron chi connectivity index (χ1n) is 9.08. The van der Waals surface area contributed by atoms with E-state index >= 15 is 0 Å². The van der Waals surface area contributed by atoms with Crippen molar-refractivity contribution in [3.63, 3.8) is 0 Å². The molecule has 1 atom stereocenters. The van der Waals surface area contributed by atoms with Crippen molar-refractivity contribution in [2.75, 3.05) is 39.1 Å². The van der Waals surface area contributed by atoms with Gasteiger partial charge in [0.15, 0.2) is 0 Å². The molecular formula is C21H27N2O2S+. The molecule has 0 radical (unpaired) electrons. The zero-order valence-corrected chi connectivity index (χ0v) is 16.3. The minimum absolute atomic E-state index is 0.00331. The van der Waals surface area contributed by atoms with Gasteiger partial charge in [-0.2, -0.15) is 0 Å². The van der Waals surface area contributed by atoms with Gasteiger partial charge in [0.1, 0.15) is 25.7 Å². The Morgan fingerprint density at radius 1 is 1.12 bits per heavy atom. The number of hydrogen-bond acceptors (Lipinski definition) is 3. The van der Waals surface area contributed by atoms with Gasteiger partial charge in [-0.15, -0.1) is 11.8 Å². The Morgan fingerprint density at radius 2 is 1.77 bits per heavy atom. The van der Waals surface area contributed by atoms with Gasteiger partial charge in [-0.25, -0.2) is 0 Å². The topological polar surface area (TPSA) is 42.8 Å². The molecule has 26 heavy (non-hydrogen) atoms. The lowest BCUT2D eigenvalue weighted by molar-refractivity contribution is -0.909. The minimum atomic E-state index is -0.0177. The summed E-state index contributed by atoms with van der Waals surface area (Å²) < 4.78 is 5.46. The molecule has 4 nitrogen and oxygen atoms in total. The van der Waals surface area contributed by atoms with E-state index in [1.165, 1.54) is 10.5 Å². The van der Waals surface area contributed by atoms with Gasteiger partial charge in [0.05, 0.1) is 13.2 Å². The molecule has 0 saturated carbocycles. The van der Waals surface area contributed by atoms with Crippen LogP contribution in [0, 0.1) is 6.92 Å². The molecule has 2 N–H and O–H groups in total. The van der Waals surface area contributed by atoms with Crippen molar-refractivity contribution in [1.29, 1.82) is 0 Å². The summed E-state index contributed by atoms with van der Waals surface area (Å²) in [5.74, 6) is -0.0177. The van der Waals surface area contributed by atoms with Crippen molar-refractivity contribution < 1.29 is 14.4 Å². The maximum atomic E-state index is 12.8. The van der Waals surface area contributed by atoms with Crippen LogP contribution in [-0.4, -0.2) is 45.0 Å². The zero-order valence-electron chi connectivity index (χ0n) is 15.5. The normalized spacial score (nSPS) is 16.2. The van der Waals surface area contributed by atoms with Crippen LogP contribution in [0.5, 0.6) is 0 Å². The van der Waals surface area contributed by atoms with E-state index in [0.29, 0.717) is 5.56 Å². The highest BCUT2D eigenvalue weighted by atomic mass is 32.2. The van der Waals surface area contributed by atoms with Gasteiger partial charge in [-0.3, -0.25) is 4.79 Å². The number of quaternary nitrogens is 1. The minimum Gasteiger partial charge on any atom is -0.370 e. The number of carbonyl (C=O) groups excluding carboxylic acids is 1. The van der Waals surface area contributed by atoms with Gasteiger partial charge in [-0.05, 0) is 43.0 Å². The maximum absolute atomic E-state index is 12.8. The van der Waals surface area contributed by atoms with Crippen molar-refractivity contribution >= 4 is 17.7 Å². The lowest BCUT2D eigenvalue weighted by Gasteiger charge is -2.28. The molecular weight excluding hydrogens is 344 g/mol. The summed E-state index contributed by atoms with van der Waals surface area (Å²) in [5, 5.41) is 3.25. The molecule has 1 heterocycles. The lowest BCUT2D eigenvalue weighted by Crippen LogP contribution is -3.14. The Balaban J connectivity index is 1.74. The summed E-state index contributed by atoms with van der Waals surface area (Å²) in [6.07, 6.45) is 2.04. The number of rotatable bonds is 6. The average molecular weight is 372 g/mol. The van der Waals surface area contributed by atoms with Crippen molar-refractivity contribution in [3.05, 3.63) is 65.2 Å². The Hall–Kier alpha value is -1.82. The Morgan fingerprint density at radius 3 is 2.38 bits per heavy atom. The molecule has 1 aliphatic rings. The first kappa shape index (κ1) is 19.0. The molecule has 2 aromatic carbocycles. The van der Waals surface area contributed by atoms with Gasteiger partial charge in [0.25, 0.3) is 5.91 Å². The predicted molar refractivity (Wildman–Crippen MR) is 106 cm³/mol. The Bertz CT molecular complexity index is 710. The fourth-order valence-electron chi connectivity index (χ4n) is 3.19. The van der Waals surface area contributed by atoms with Crippen LogP contribution in [0.3, 0.4) is 0 Å². The summed E-state index contributed by atoms with van der Waals surface area (Å²) in [5.41, 5.74) is 3.09. The molecule has 0 unspecified atom stereocenters. The third-order valence-electron chi connectivity index (χ3n) is 4.83. The van der Waals surface area contributed by atoms with Gasteiger partial charge < -0.3 is 15.0 Å². The van der Waals surface area contributed by atoms with Crippen LogP contribution < -0.4 is 10.2 Å². The highest BCUT2D eigenvalue weighted by Gasteiger charge is 2.23. The van der Waals surface area contributed by atoms with Crippen LogP contribution in [0.15, 0.2) is 53.4 Å². The number of ether oxygens (including phenoxy) is 1. The molecule has 0 bridgehead atoms. The van der Waals surface area contributed by atoms with E-state index in [9.17, 15) is 4.79 Å². The monoisotopic (exact) mass is 371 g/mol. The standard InChI is InChI=1S/C21H26N2O2S/c1-16-3-5-17(6-4-16)20(15-23-11-13-25-14-12-23)22-21(24)18-7-9-19(26-2)10-8-18/h3-10,20H,11-15H2,1-2H3,(H,22,24)/p+1/t20-/m1/s1. The van der Waals surface area contributed by atoms with Crippen LogP contribution in [0.1, 0.15) is 27.5 Å². The van der Waals surface area contributed by atoms with Crippen LogP contribution in [0.2, 0.25) is 0 Å². The number of carbonyl (C=O) groups is 1. The van der Waals surface area contributed by atoms with Crippen LogP contribution in [0.25, 0.3) is 0 Å². The highest BCUT2D eigenvalue weighted by molar-refractivity contribution is 7.98. The van der Waals surface area contributed by atoms with Crippen molar-refractivity contribution in [2.24, 2.45) is 0 Å². The van der Waals surface area contributed by atoms with E-state index in [1.54, 1.807) is 11.8 Å². The number of amides is 1. The van der Waals surface area contributed by atoms with Gasteiger partial charge in [0, 0.05) is 10.5 Å². The van der Waals surface area contributed by atoms with E-state index in [-0.39, 0.29) is 11.9 Å². The second-order valence-corrected chi connectivity index (χ2v) is 7.61. The highest BCUT2D eigenvalue weighted by Crippen LogP contribution is 2.17. The molecule has 0 spiro atoms. The molecule has 1 saturated heterocycles. The number of thioether (sulfide) groups is 1. The van der Waals surface area contributed by atoms with Gasteiger partial charge in [-0.1, -0.05) is 29.8 Å². The molecule has 3 rings (SSSR count). The predicted octanol–water partition coefficient (Wildman–Crippen LogP) is 2.10. The Labute approximate surface area is 159 Å². The number of aryl methyl sites for hydroxylation is 1. The summed E-state index contributed by atoms with van der Waals surface area (Å²) in [4.78, 5) is 15.4. The smallest absolute Gasteiger partial charge is 0.251 e. The summed E-state index contributed by atoms with van der Waals surface area (Å²) in [7, 11) is 0. The number of hydrogen-bond donors (Lipinski definition) is 2. The molecule has 1 aliphatic heterocycles. The van der Waals surface area contributed by atoms with Crippen LogP contribution >= 0.6 is 11.8 Å². The molecule has 5 heteroatoms. The summed E-state index contributed by atoms with van der Waals surface area (Å²) in [6, 6.07) is 16.2. The first-order valence-corrected chi connectivity index (χ1v) is 10.3. The number of morpholine rings is 1. The molecule has 2 aromatic rings. The fraction of sp³-hybridized carbons (Fsp3) is 0.381. The van der Waals surface area contributed by atoms with E-state index in [2.05, 4.69) is 36.5 Å². The van der Waals surface area contributed by atoms with Gasteiger partial charge in [0.2, 0.25) is 0 Å². The van der Waals surface area contributed by atoms with E-state index in [4.69, 9.17) is 4.74 Å². The van der Waals surface area contributed by atoms with E-state index in [0.717, 1.165) is 43.3 Å². The molecule has 0 aromatic heterocycles. The average Bonchev–Trinajstić information content (AvgIpc) is 2.69. The van der Waals surface area contributed by atoms with E-state index < -0.39 is 0 Å². The van der Waals surface area contributed by atoms with Crippen molar-refractivity contribution in [3.8, 4) is 0 Å². The second kappa shape index (κ2) is 9.21. The number of nitrogens with one attached hydrogen (secondary N) is 2. The Kier molecular flexibility index (Phi) is 6.72. The molecule has 138 valence electrons. The summed E-state index contributed by atoms with van der Waals surface area (Å²) >= 11 is 1.68. The van der Waals surface area contributed by atoms with Gasteiger partial charge >= 0.3 is 0 Å². The zero-order chi connectivity index (χ0) is 18.4. The summed E-state index contributed by atoms with van der Waals surface area (Å²) in [6.45, 7) is 6.51. The maximum Gasteiger partial charge on any atom is 0.251 e. The van der Waals surface area contributed by atoms with Crippen molar-refractivity contribution in [2.45, 2.75) is 17.9 Å². The second-order valence-electron chi connectivity index (χ2n) is 6.73. The SMILES string of the molecule is CSc1ccc(C(=O)N[C@H](C[NH+]2CCOCC2)c2ccc(C)cc2)cc1. The quantitative estimate of drug-likeness (QED) is 0.765. The van der Waals surface area contributed by atoms with Crippen molar-refractivity contribution in [1.82, 2.24) is 5.32 Å². The lowest BCUT2D eigenvalue weighted by atomic mass is 10.0. The fourth-order valence-corrected chi connectivity index (χ4v) is 3.60. The third kappa shape index (κ3) is 5.10. The number of benzene rings is 2. The van der Waals surface area contributed by atoms with E-state index in [1.807, 2.05) is 30.5 Å². The van der Waals surface area contributed by atoms with Crippen LogP contribution in [-0.2, 0) is 4.74 Å².